The predicted molar refractivity (Wildman–Crippen MR) is 132 cm³/mol. The zero-order valence-electron chi connectivity index (χ0n) is 18.1. The van der Waals surface area contributed by atoms with Crippen LogP contribution in [0.3, 0.4) is 0 Å². The van der Waals surface area contributed by atoms with Crippen LogP contribution in [-0.2, 0) is 0 Å². The van der Waals surface area contributed by atoms with Crippen molar-refractivity contribution in [1.29, 1.82) is 0 Å². The third kappa shape index (κ3) is 5.00. The molecule has 0 bridgehead atoms. The van der Waals surface area contributed by atoms with Gasteiger partial charge in [0, 0.05) is 40.4 Å². The molecule has 0 fully saturated rings. The maximum absolute atomic E-state index is 15.0. The van der Waals surface area contributed by atoms with E-state index in [1.165, 1.54) is 6.07 Å². The van der Waals surface area contributed by atoms with Crippen LogP contribution in [-0.4, -0.2) is 27.0 Å². The van der Waals surface area contributed by atoms with Gasteiger partial charge in [0.15, 0.2) is 0 Å². The molecule has 5 nitrogen and oxygen atoms in total. The van der Waals surface area contributed by atoms with Gasteiger partial charge in [-0.05, 0) is 59.3 Å². The van der Waals surface area contributed by atoms with E-state index < -0.39 is 17.7 Å². The lowest BCUT2D eigenvalue weighted by molar-refractivity contribution is 0.0703. The number of carboxylic acids is 1. The van der Waals surface area contributed by atoms with E-state index in [4.69, 9.17) is 11.6 Å². The summed E-state index contributed by atoms with van der Waals surface area (Å²) in [4.78, 5) is 15.9. The molecule has 2 heterocycles. The molecular formula is C26H20ClFN2O3S. The number of aromatic nitrogens is 1. The number of halogens is 2. The Morgan fingerprint density at radius 2 is 1.91 bits per heavy atom. The zero-order chi connectivity index (χ0) is 24.2. The molecule has 0 aliphatic rings. The Labute approximate surface area is 204 Å². The molecule has 34 heavy (non-hydrogen) atoms. The summed E-state index contributed by atoms with van der Waals surface area (Å²) in [6.07, 6.45) is 1.85. The fourth-order valence-corrected chi connectivity index (χ4v) is 4.84. The number of hydrogen-bond donors (Lipinski definition) is 2. The van der Waals surface area contributed by atoms with Gasteiger partial charge >= 0.3 is 5.97 Å². The first-order valence-corrected chi connectivity index (χ1v) is 11.6. The number of pyridine rings is 1. The number of aryl methyl sites for hydroxylation is 1. The summed E-state index contributed by atoms with van der Waals surface area (Å²) < 4.78 is 15.0. The summed E-state index contributed by atoms with van der Waals surface area (Å²) in [5.74, 6) is -1.92. The molecule has 0 saturated heterocycles. The number of nitrogens with zero attached hydrogens (tertiary/aromatic N) is 2. The average Bonchev–Trinajstić information content (AvgIpc) is 3.31. The highest BCUT2D eigenvalue weighted by atomic mass is 35.5. The van der Waals surface area contributed by atoms with E-state index in [0.29, 0.717) is 22.4 Å². The molecule has 4 rings (SSSR count). The van der Waals surface area contributed by atoms with Crippen molar-refractivity contribution in [2.75, 3.05) is 0 Å². The molecule has 0 radical (unpaired) electrons. The van der Waals surface area contributed by atoms with Gasteiger partial charge in [-0.3, -0.25) is 4.98 Å². The maximum atomic E-state index is 15.0. The highest BCUT2D eigenvalue weighted by Crippen LogP contribution is 2.35. The third-order valence-corrected chi connectivity index (χ3v) is 6.71. The van der Waals surface area contributed by atoms with Crippen molar-refractivity contribution in [3.05, 3.63) is 110 Å². The Kier molecular flexibility index (Phi) is 7.05. The number of oxime groups is 1. The quantitative estimate of drug-likeness (QED) is 0.164. The molecule has 4 aromatic rings. The van der Waals surface area contributed by atoms with Gasteiger partial charge in [0.1, 0.15) is 10.7 Å². The Balaban J connectivity index is 1.75. The summed E-state index contributed by atoms with van der Waals surface area (Å²) in [5.41, 5.74) is 4.41. The molecule has 8 heteroatoms. The van der Waals surface area contributed by atoms with E-state index in [1.807, 2.05) is 31.2 Å². The molecule has 0 unspecified atom stereocenters. The van der Waals surface area contributed by atoms with Gasteiger partial charge in [-0.1, -0.05) is 47.1 Å². The Hall–Kier alpha value is -3.55. The largest absolute Gasteiger partial charge is 0.477 e. The lowest BCUT2D eigenvalue weighted by atomic mass is 9.84. The van der Waals surface area contributed by atoms with Crippen LogP contribution in [0.25, 0.3) is 11.1 Å². The Bertz CT molecular complexity index is 1370. The Morgan fingerprint density at radius 1 is 1.15 bits per heavy atom. The van der Waals surface area contributed by atoms with Gasteiger partial charge < -0.3 is 10.3 Å². The minimum Gasteiger partial charge on any atom is -0.477 e. The van der Waals surface area contributed by atoms with Crippen LogP contribution in [0.5, 0.6) is 0 Å². The number of rotatable bonds is 7. The van der Waals surface area contributed by atoms with Crippen molar-refractivity contribution in [1.82, 2.24) is 4.98 Å². The van der Waals surface area contributed by atoms with Crippen molar-refractivity contribution < 1.29 is 19.5 Å². The molecule has 2 N–H and O–H groups in total. The summed E-state index contributed by atoms with van der Waals surface area (Å²) in [5, 5.41) is 24.7. The van der Waals surface area contributed by atoms with Gasteiger partial charge in [-0.15, -0.1) is 11.3 Å². The average molecular weight is 495 g/mol. The normalized spacial score (nSPS) is 12.5. The first kappa shape index (κ1) is 23.6. The lowest BCUT2D eigenvalue weighted by Crippen LogP contribution is -2.12. The van der Waals surface area contributed by atoms with Crippen LogP contribution in [0.1, 0.15) is 44.4 Å². The van der Waals surface area contributed by atoms with Gasteiger partial charge in [0.25, 0.3) is 0 Å². The van der Waals surface area contributed by atoms with Crippen molar-refractivity contribution in [2.45, 2.75) is 19.3 Å². The minimum absolute atomic E-state index is 0.219. The number of hydrogen-bond acceptors (Lipinski definition) is 5. The second-order valence-corrected chi connectivity index (χ2v) is 9.10. The van der Waals surface area contributed by atoms with Crippen molar-refractivity contribution in [3.63, 3.8) is 0 Å². The third-order valence-electron chi connectivity index (χ3n) is 5.57. The Morgan fingerprint density at radius 3 is 2.56 bits per heavy atom. The van der Waals surface area contributed by atoms with Crippen molar-refractivity contribution in [2.24, 2.45) is 5.16 Å². The van der Waals surface area contributed by atoms with Crippen LogP contribution in [0.15, 0.2) is 77.4 Å². The van der Waals surface area contributed by atoms with Crippen LogP contribution in [0.2, 0.25) is 5.02 Å². The van der Waals surface area contributed by atoms with E-state index in [-0.39, 0.29) is 16.3 Å². The lowest BCUT2D eigenvalue weighted by Gasteiger charge is -2.20. The summed E-state index contributed by atoms with van der Waals surface area (Å²) in [6, 6.07) is 17.1. The van der Waals surface area contributed by atoms with Crippen LogP contribution in [0.4, 0.5) is 4.39 Å². The van der Waals surface area contributed by atoms with Gasteiger partial charge in [0.05, 0.1) is 5.71 Å². The molecule has 2 aromatic heterocycles. The second-order valence-electron chi connectivity index (χ2n) is 7.75. The molecule has 0 aliphatic heterocycles. The maximum Gasteiger partial charge on any atom is 0.346 e. The summed E-state index contributed by atoms with van der Waals surface area (Å²) in [6.45, 7) is 1.84. The molecular weight excluding hydrogens is 475 g/mol. The molecule has 0 aliphatic carbocycles. The van der Waals surface area contributed by atoms with Gasteiger partial charge in [-0.2, -0.15) is 0 Å². The smallest absolute Gasteiger partial charge is 0.346 e. The fourth-order valence-electron chi connectivity index (χ4n) is 3.92. The summed E-state index contributed by atoms with van der Waals surface area (Å²) in [7, 11) is 0. The molecule has 0 amide bonds. The van der Waals surface area contributed by atoms with Gasteiger partial charge in [-0.25, -0.2) is 9.18 Å². The predicted octanol–water partition coefficient (Wildman–Crippen LogP) is 7.01. The molecule has 172 valence electrons. The van der Waals surface area contributed by atoms with Gasteiger partial charge in [0.2, 0.25) is 0 Å². The number of carboxylic acid groups (broad SMARTS) is 1. The SMILES string of the molecule is Cc1cc(/C(C[C@@H](c2ccc(-c3ccsc3C(=O)O)cc2)c2ccc(Cl)cc2F)=N/O)ccn1. The van der Waals surface area contributed by atoms with Crippen molar-refractivity contribution >= 4 is 34.6 Å². The number of thiophene rings is 1. The van der Waals surface area contributed by atoms with E-state index in [1.54, 1.807) is 41.9 Å². The van der Waals surface area contributed by atoms with E-state index in [2.05, 4.69) is 10.1 Å². The zero-order valence-corrected chi connectivity index (χ0v) is 19.6. The number of carbonyl (C=O) groups is 1. The molecule has 1 atom stereocenters. The van der Waals surface area contributed by atoms with E-state index in [0.717, 1.165) is 28.2 Å². The highest BCUT2D eigenvalue weighted by Gasteiger charge is 2.23. The first-order valence-electron chi connectivity index (χ1n) is 10.4. The van der Waals surface area contributed by atoms with Crippen LogP contribution < -0.4 is 0 Å². The minimum atomic E-state index is -0.980. The topological polar surface area (TPSA) is 82.8 Å². The van der Waals surface area contributed by atoms with E-state index in [9.17, 15) is 19.5 Å². The summed E-state index contributed by atoms with van der Waals surface area (Å²) >= 11 is 7.14. The van der Waals surface area contributed by atoms with Crippen molar-refractivity contribution in [3.8, 4) is 11.1 Å². The standard InChI is InChI=1S/C26H20ClFN2O3S/c1-15-12-18(8-10-29-15)24(30-33)14-22(21-7-6-19(27)13-23(21)28)17-4-2-16(3-5-17)20-9-11-34-25(20)26(31)32/h2-13,22,33H,14H2,1H3,(H,31,32)/b30-24+/t22-/m0/s1. The number of benzene rings is 2. The highest BCUT2D eigenvalue weighted by molar-refractivity contribution is 7.12. The first-order chi connectivity index (χ1) is 16.4. The molecule has 2 aromatic carbocycles. The van der Waals surface area contributed by atoms with Crippen LogP contribution in [0, 0.1) is 12.7 Å². The molecule has 0 saturated carbocycles. The van der Waals surface area contributed by atoms with E-state index >= 15 is 0 Å². The fraction of sp³-hybridized carbons (Fsp3) is 0.115. The second kappa shape index (κ2) is 10.2. The molecule has 0 spiro atoms. The van der Waals surface area contributed by atoms with Crippen LogP contribution >= 0.6 is 22.9 Å². The monoisotopic (exact) mass is 494 g/mol. The number of aromatic carboxylic acids is 1.